The van der Waals surface area contributed by atoms with Gasteiger partial charge in [0, 0.05) is 37.2 Å². The zero-order valence-electron chi connectivity index (χ0n) is 16.5. The van der Waals surface area contributed by atoms with Crippen LogP contribution in [0.3, 0.4) is 0 Å². The Balaban J connectivity index is 1.33. The number of amides is 1. The molecule has 2 aliphatic rings. The van der Waals surface area contributed by atoms with E-state index in [9.17, 15) is 9.59 Å². The number of carbonyl (C=O) groups is 2. The molecule has 1 aromatic heterocycles. The number of aromatic nitrogens is 2. The molecule has 1 atom stereocenters. The summed E-state index contributed by atoms with van der Waals surface area (Å²) in [4.78, 5) is 28.0. The first-order valence-electron chi connectivity index (χ1n) is 10.5. The third-order valence-corrected chi connectivity index (χ3v) is 6.47. The molecule has 1 N–H and O–H groups in total. The van der Waals surface area contributed by atoms with E-state index in [1.54, 1.807) is 6.20 Å². The van der Waals surface area contributed by atoms with E-state index in [0.717, 1.165) is 48.7 Å². The molecule has 5 nitrogen and oxygen atoms in total. The number of piperidine rings is 1. The molecule has 148 valence electrons. The number of H-pyrrole nitrogens is 1. The summed E-state index contributed by atoms with van der Waals surface area (Å²) < 4.78 is 0. The largest absolute Gasteiger partial charge is 0.342 e. The number of benzene rings is 2. The number of nitrogens with zero attached hydrogens (tertiary/aromatic N) is 2. The topological polar surface area (TPSA) is 66.1 Å². The third-order valence-electron chi connectivity index (χ3n) is 6.47. The van der Waals surface area contributed by atoms with Crippen molar-refractivity contribution < 1.29 is 9.59 Å². The quantitative estimate of drug-likeness (QED) is 0.679. The highest BCUT2D eigenvalue weighted by molar-refractivity contribution is 6.11. The van der Waals surface area contributed by atoms with E-state index < -0.39 is 0 Å². The van der Waals surface area contributed by atoms with Crippen molar-refractivity contribution in [1.29, 1.82) is 0 Å². The Hall–Kier alpha value is -2.95. The number of likely N-dealkylation sites (tertiary alicyclic amines) is 1. The van der Waals surface area contributed by atoms with Crippen LogP contribution >= 0.6 is 0 Å². The zero-order chi connectivity index (χ0) is 19.8. The van der Waals surface area contributed by atoms with Gasteiger partial charge >= 0.3 is 0 Å². The minimum absolute atomic E-state index is 0.111. The van der Waals surface area contributed by atoms with Crippen molar-refractivity contribution in [3.63, 3.8) is 0 Å². The third kappa shape index (κ3) is 3.35. The minimum atomic E-state index is -0.111. The highest BCUT2D eigenvalue weighted by Crippen LogP contribution is 2.34. The Labute approximate surface area is 170 Å². The van der Waals surface area contributed by atoms with Gasteiger partial charge < -0.3 is 4.90 Å². The van der Waals surface area contributed by atoms with Crippen molar-refractivity contribution in [2.24, 2.45) is 5.92 Å². The van der Waals surface area contributed by atoms with Gasteiger partial charge in [0.1, 0.15) is 0 Å². The van der Waals surface area contributed by atoms with Crippen molar-refractivity contribution in [2.45, 2.75) is 38.5 Å². The molecule has 1 aliphatic carbocycles. The fraction of sp³-hybridized carbons (Fsp3) is 0.375. The lowest BCUT2D eigenvalue weighted by Gasteiger charge is -2.32. The van der Waals surface area contributed by atoms with Crippen LogP contribution in [0.25, 0.3) is 10.8 Å². The summed E-state index contributed by atoms with van der Waals surface area (Å²) >= 11 is 0. The predicted molar refractivity (Wildman–Crippen MR) is 112 cm³/mol. The Kier molecular flexibility index (Phi) is 4.66. The SMILES string of the molecule is O=C(c1ccc2c3c(cccc13)CC2)[C@@H]1CCCN(C(=O)CCc2cn[nH]c2)C1. The second-order valence-corrected chi connectivity index (χ2v) is 8.26. The van der Waals surface area contributed by atoms with E-state index >= 15 is 0 Å². The average molecular weight is 387 g/mol. The number of aromatic amines is 1. The van der Waals surface area contributed by atoms with Gasteiger partial charge in [0.2, 0.25) is 5.91 Å². The Morgan fingerprint density at radius 3 is 2.83 bits per heavy atom. The number of nitrogens with one attached hydrogen (secondary N) is 1. The summed E-state index contributed by atoms with van der Waals surface area (Å²) in [6.07, 6.45) is 8.58. The van der Waals surface area contributed by atoms with E-state index in [1.807, 2.05) is 17.2 Å². The Bertz CT molecular complexity index is 1060. The van der Waals surface area contributed by atoms with E-state index in [2.05, 4.69) is 34.5 Å². The number of ketones is 1. The molecule has 5 heteroatoms. The highest BCUT2D eigenvalue weighted by atomic mass is 16.2. The average Bonchev–Trinajstić information content (AvgIpc) is 3.43. The summed E-state index contributed by atoms with van der Waals surface area (Å²) in [5.74, 6) is 0.206. The van der Waals surface area contributed by atoms with Crippen molar-refractivity contribution in [3.05, 3.63) is 65.0 Å². The molecule has 1 saturated heterocycles. The molecule has 0 unspecified atom stereocenters. The van der Waals surface area contributed by atoms with Crippen molar-refractivity contribution >= 4 is 22.5 Å². The Morgan fingerprint density at radius 2 is 2.00 bits per heavy atom. The number of rotatable bonds is 5. The van der Waals surface area contributed by atoms with Gasteiger partial charge in [-0.05, 0) is 59.6 Å². The summed E-state index contributed by atoms with van der Waals surface area (Å²) in [5, 5.41) is 9.08. The van der Waals surface area contributed by atoms with E-state index in [1.165, 1.54) is 16.5 Å². The maximum Gasteiger partial charge on any atom is 0.222 e. The summed E-state index contributed by atoms with van der Waals surface area (Å²) in [5.41, 5.74) is 4.57. The molecule has 2 heterocycles. The fourth-order valence-electron chi connectivity index (χ4n) is 4.92. The van der Waals surface area contributed by atoms with Crippen molar-refractivity contribution in [2.75, 3.05) is 13.1 Å². The number of aryl methyl sites for hydroxylation is 3. The van der Waals surface area contributed by atoms with Crippen LogP contribution in [-0.2, 0) is 24.1 Å². The summed E-state index contributed by atoms with van der Waals surface area (Å²) in [7, 11) is 0. The first-order chi connectivity index (χ1) is 14.2. The van der Waals surface area contributed by atoms with Crippen LogP contribution in [0.5, 0.6) is 0 Å². The van der Waals surface area contributed by atoms with E-state index in [0.29, 0.717) is 19.4 Å². The van der Waals surface area contributed by atoms with Gasteiger partial charge in [0.05, 0.1) is 6.20 Å². The molecule has 1 fully saturated rings. The molecule has 5 rings (SSSR count). The van der Waals surface area contributed by atoms with Gasteiger partial charge in [-0.2, -0.15) is 5.10 Å². The van der Waals surface area contributed by atoms with Crippen molar-refractivity contribution in [3.8, 4) is 0 Å². The number of hydrogen-bond donors (Lipinski definition) is 1. The molecule has 1 amide bonds. The van der Waals surface area contributed by atoms with Crippen LogP contribution in [0, 0.1) is 5.92 Å². The second-order valence-electron chi connectivity index (χ2n) is 8.26. The lowest BCUT2D eigenvalue weighted by molar-refractivity contribution is -0.132. The smallest absolute Gasteiger partial charge is 0.222 e. The van der Waals surface area contributed by atoms with Crippen LogP contribution in [-0.4, -0.2) is 39.9 Å². The van der Waals surface area contributed by atoms with Crippen LogP contribution in [0.4, 0.5) is 0 Å². The lowest BCUT2D eigenvalue weighted by Crippen LogP contribution is -2.42. The molecule has 0 bridgehead atoms. The number of hydrogen-bond acceptors (Lipinski definition) is 3. The van der Waals surface area contributed by atoms with Gasteiger partial charge in [0.15, 0.2) is 5.78 Å². The zero-order valence-corrected chi connectivity index (χ0v) is 16.5. The van der Waals surface area contributed by atoms with Crippen LogP contribution in [0.2, 0.25) is 0 Å². The molecule has 0 radical (unpaired) electrons. The first-order valence-corrected chi connectivity index (χ1v) is 10.5. The lowest BCUT2D eigenvalue weighted by atomic mass is 9.87. The summed E-state index contributed by atoms with van der Waals surface area (Å²) in [6, 6.07) is 10.5. The molecule has 0 spiro atoms. The number of carbonyl (C=O) groups excluding carboxylic acids is 2. The maximum atomic E-state index is 13.4. The van der Waals surface area contributed by atoms with Gasteiger partial charge in [-0.25, -0.2) is 0 Å². The monoisotopic (exact) mass is 387 g/mol. The molecule has 3 aromatic rings. The summed E-state index contributed by atoms with van der Waals surface area (Å²) in [6.45, 7) is 1.28. The van der Waals surface area contributed by atoms with Gasteiger partial charge in [-0.1, -0.05) is 30.3 Å². The van der Waals surface area contributed by atoms with Gasteiger partial charge in [0.25, 0.3) is 0 Å². The molecule has 1 aliphatic heterocycles. The van der Waals surface area contributed by atoms with Gasteiger partial charge in [-0.15, -0.1) is 0 Å². The number of Topliss-reactive ketones (excluding diaryl/α,β-unsaturated/α-hetero) is 1. The Morgan fingerprint density at radius 1 is 1.14 bits per heavy atom. The normalized spacial score (nSPS) is 18.3. The standard InChI is InChI=1S/C24H25N3O2/c28-22(11-6-16-13-25-26-14-16)27-12-2-4-19(15-27)24(29)21-10-9-18-8-7-17-3-1-5-20(21)23(17)18/h1,3,5,9-10,13-14,19H,2,4,6-8,11-12,15H2,(H,25,26)/t19-/m1/s1. The maximum absolute atomic E-state index is 13.4. The minimum Gasteiger partial charge on any atom is -0.342 e. The fourth-order valence-corrected chi connectivity index (χ4v) is 4.92. The van der Waals surface area contributed by atoms with E-state index in [4.69, 9.17) is 0 Å². The molecule has 29 heavy (non-hydrogen) atoms. The van der Waals surface area contributed by atoms with Crippen LogP contribution in [0.15, 0.2) is 42.7 Å². The molecular formula is C24H25N3O2. The van der Waals surface area contributed by atoms with Crippen LogP contribution < -0.4 is 0 Å². The van der Waals surface area contributed by atoms with Crippen molar-refractivity contribution in [1.82, 2.24) is 15.1 Å². The molecular weight excluding hydrogens is 362 g/mol. The highest BCUT2D eigenvalue weighted by Gasteiger charge is 2.30. The predicted octanol–water partition coefficient (Wildman–Crippen LogP) is 3.72. The van der Waals surface area contributed by atoms with Crippen LogP contribution in [0.1, 0.15) is 46.3 Å². The van der Waals surface area contributed by atoms with E-state index in [-0.39, 0.29) is 17.6 Å². The first kappa shape index (κ1) is 18.1. The molecule has 0 saturated carbocycles. The van der Waals surface area contributed by atoms with Gasteiger partial charge in [-0.3, -0.25) is 14.7 Å². The second kappa shape index (κ2) is 7.47. The molecule has 2 aromatic carbocycles.